The maximum absolute atomic E-state index is 4.28. The number of hydrogen-bond donors (Lipinski definition) is 0. The van der Waals surface area contributed by atoms with Crippen molar-refractivity contribution in [2.45, 2.75) is 32.4 Å². The minimum Gasteiger partial charge on any atom is -0.263 e. The molecule has 0 saturated carbocycles. The lowest BCUT2D eigenvalue weighted by Crippen LogP contribution is -2.09. The predicted octanol–water partition coefficient (Wildman–Crippen LogP) is 3.96. The fourth-order valence-electron chi connectivity index (χ4n) is 2.18. The van der Waals surface area contributed by atoms with E-state index >= 15 is 0 Å². The highest BCUT2D eigenvalue weighted by Gasteiger charge is 2.26. The second kappa shape index (κ2) is 5.42. The van der Waals surface area contributed by atoms with Crippen LogP contribution in [-0.2, 0) is 0 Å². The first-order valence-corrected chi connectivity index (χ1v) is 6.94. The smallest absolute Gasteiger partial charge is 0.0434 e. The number of pyridine rings is 1. The van der Waals surface area contributed by atoms with Crippen molar-refractivity contribution < 1.29 is 0 Å². The molecule has 1 aliphatic rings. The quantitative estimate of drug-likeness (QED) is 0.729. The third-order valence-electron chi connectivity index (χ3n) is 3.16. The summed E-state index contributed by atoms with van der Waals surface area (Å²) in [7, 11) is 0. The Bertz CT molecular complexity index is 493. The molecule has 0 N–H and O–H groups in total. The van der Waals surface area contributed by atoms with Crippen LogP contribution in [0.1, 0.15) is 38.3 Å². The molecule has 0 amide bonds. The largest absolute Gasteiger partial charge is 0.263 e. The highest BCUT2D eigenvalue weighted by molar-refractivity contribution is 8.03. The molecule has 2 heterocycles. The van der Waals surface area contributed by atoms with Crippen LogP contribution in [-0.4, -0.2) is 10.2 Å². The van der Waals surface area contributed by atoms with Gasteiger partial charge >= 0.3 is 0 Å². The fraction of sp³-hybridized carbons (Fsp3) is 0.400. The molecule has 0 aliphatic carbocycles. The van der Waals surface area contributed by atoms with E-state index in [-0.39, 0.29) is 0 Å². The van der Waals surface area contributed by atoms with E-state index in [9.17, 15) is 0 Å². The Labute approximate surface area is 108 Å². The van der Waals surface area contributed by atoms with E-state index in [0.717, 1.165) is 5.56 Å². The first-order valence-electron chi connectivity index (χ1n) is 6.00. The molecule has 2 heteroatoms. The topological polar surface area (TPSA) is 12.9 Å². The van der Waals surface area contributed by atoms with Gasteiger partial charge in [0.25, 0.3) is 0 Å². The number of allylic oxidation sites excluding steroid dienone is 1. The molecule has 1 unspecified atom stereocenters. The van der Waals surface area contributed by atoms with E-state index in [4.69, 9.17) is 0 Å². The number of hydrogen-bond acceptors (Lipinski definition) is 2. The van der Waals surface area contributed by atoms with Gasteiger partial charge in [0.1, 0.15) is 0 Å². The lowest BCUT2D eigenvalue weighted by atomic mass is 9.92. The van der Waals surface area contributed by atoms with Crippen LogP contribution in [0, 0.1) is 17.8 Å². The van der Waals surface area contributed by atoms with Gasteiger partial charge in [0.15, 0.2) is 0 Å². The Kier molecular flexibility index (Phi) is 3.91. The molecular weight excluding hydrogens is 226 g/mol. The van der Waals surface area contributed by atoms with Crippen LogP contribution < -0.4 is 0 Å². The summed E-state index contributed by atoms with van der Waals surface area (Å²) >= 11 is 1.95. The fourth-order valence-corrected chi connectivity index (χ4v) is 3.42. The third kappa shape index (κ3) is 2.56. The monoisotopic (exact) mass is 243 g/mol. The van der Waals surface area contributed by atoms with Gasteiger partial charge in [0.05, 0.1) is 0 Å². The van der Waals surface area contributed by atoms with E-state index in [1.807, 2.05) is 31.1 Å². The zero-order valence-corrected chi connectivity index (χ0v) is 11.3. The number of nitrogens with zero attached hydrogens (tertiary/aromatic N) is 1. The van der Waals surface area contributed by atoms with Gasteiger partial charge in [-0.2, -0.15) is 0 Å². The van der Waals surface area contributed by atoms with Gasteiger partial charge in [-0.05, 0) is 41.9 Å². The second-order valence-electron chi connectivity index (χ2n) is 4.28. The molecule has 0 spiro atoms. The summed E-state index contributed by atoms with van der Waals surface area (Å²) in [6.07, 6.45) is 4.99. The Balaban J connectivity index is 2.28. The number of thioether (sulfide) groups is 1. The van der Waals surface area contributed by atoms with Crippen molar-refractivity contribution in [1.82, 2.24) is 4.98 Å². The van der Waals surface area contributed by atoms with Crippen molar-refractivity contribution in [3.63, 3.8) is 0 Å². The Morgan fingerprint density at radius 1 is 1.41 bits per heavy atom. The maximum Gasteiger partial charge on any atom is 0.0434 e. The van der Waals surface area contributed by atoms with Crippen molar-refractivity contribution in [3.8, 4) is 11.8 Å². The summed E-state index contributed by atoms with van der Waals surface area (Å²) in [6, 6.07) is 2.14. The van der Waals surface area contributed by atoms with Crippen LogP contribution in [0.15, 0.2) is 23.9 Å². The van der Waals surface area contributed by atoms with Gasteiger partial charge in [-0.25, -0.2) is 0 Å². The van der Waals surface area contributed by atoms with E-state index < -0.39 is 0 Å². The van der Waals surface area contributed by atoms with Crippen LogP contribution in [0.4, 0.5) is 0 Å². The van der Waals surface area contributed by atoms with Crippen LogP contribution in [0.2, 0.25) is 0 Å². The van der Waals surface area contributed by atoms with E-state index in [1.54, 1.807) is 0 Å². The van der Waals surface area contributed by atoms with Gasteiger partial charge < -0.3 is 0 Å². The summed E-state index contributed by atoms with van der Waals surface area (Å²) in [5.41, 5.74) is 3.64. The molecule has 1 aromatic heterocycles. The molecular formula is C15H17NS. The average Bonchev–Trinajstić information content (AvgIpc) is 2.71. The minimum atomic E-state index is 0.608. The molecule has 88 valence electrons. The van der Waals surface area contributed by atoms with E-state index in [1.165, 1.54) is 17.6 Å². The SMILES string of the molecule is CC#Cc1cncc(C2=CS[C@H](CC)C2C)c1. The van der Waals surface area contributed by atoms with Gasteiger partial charge in [-0.1, -0.05) is 19.8 Å². The highest BCUT2D eigenvalue weighted by Crippen LogP contribution is 2.42. The summed E-state index contributed by atoms with van der Waals surface area (Å²) in [5, 5.41) is 3.00. The Morgan fingerprint density at radius 2 is 2.24 bits per heavy atom. The molecule has 1 nitrogen and oxygen atoms in total. The Morgan fingerprint density at radius 3 is 2.88 bits per heavy atom. The van der Waals surface area contributed by atoms with E-state index in [0.29, 0.717) is 11.2 Å². The molecule has 2 rings (SSSR count). The molecule has 0 radical (unpaired) electrons. The Hall–Kier alpha value is -1.20. The van der Waals surface area contributed by atoms with Crippen molar-refractivity contribution in [3.05, 3.63) is 35.0 Å². The van der Waals surface area contributed by atoms with Gasteiger partial charge in [-0.15, -0.1) is 17.7 Å². The summed E-state index contributed by atoms with van der Waals surface area (Å²) in [5.74, 6) is 6.59. The molecule has 0 fully saturated rings. The minimum absolute atomic E-state index is 0.608. The van der Waals surface area contributed by atoms with Crippen LogP contribution in [0.25, 0.3) is 5.57 Å². The molecule has 0 aromatic carbocycles. The number of aromatic nitrogens is 1. The average molecular weight is 243 g/mol. The maximum atomic E-state index is 4.28. The van der Waals surface area contributed by atoms with Gasteiger partial charge in [0, 0.05) is 23.2 Å². The lowest BCUT2D eigenvalue weighted by Gasteiger charge is -2.15. The zero-order chi connectivity index (χ0) is 12.3. The van der Waals surface area contributed by atoms with Crippen molar-refractivity contribution in [1.29, 1.82) is 0 Å². The standard InChI is InChI=1S/C15H17NS/c1-4-6-12-7-13(9-16-8-12)14-10-17-15(5-2)11(14)3/h7-11,15H,5H2,1-3H3/t11?,15-/m1/s1. The molecule has 0 saturated heterocycles. The lowest BCUT2D eigenvalue weighted by molar-refractivity contribution is 0.679. The van der Waals surface area contributed by atoms with Crippen molar-refractivity contribution in [2.24, 2.45) is 5.92 Å². The normalized spacial score (nSPS) is 22.9. The molecule has 2 atom stereocenters. The van der Waals surface area contributed by atoms with Gasteiger partial charge in [-0.3, -0.25) is 4.98 Å². The second-order valence-corrected chi connectivity index (χ2v) is 5.40. The summed E-state index contributed by atoms with van der Waals surface area (Å²) in [6.45, 7) is 6.41. The molecule has 1 aromatic rings. The zero-order valence-electron chi connectivity index (χ0n) is 10.5. The van der Waals surface area contributed by atoms with Gasteiger partial charge in [0.2, 0.25) is 0 Å². The van der Waals surface area contributed by atoms with Crippen LogP contribution >= 0.6 is 11.8 Å². The van der Waals surface area contributed by atoms with Crippen LogP contribution in [0.5, 0.6) is 0 Å². The van der Waals surface area contributed by atoms with Crippen LogP contribution in [0.3, 0.4) is 0 Å². The third-order valence-corrected chi connectivity index (χ3v) is 4.64. The first-order chi connectivity index (χ1) is 8.26. The van der Waals surface area contributed by atoms with E-state index in [2.05, 4.69) is 42.1 Å². The summed E-state index contributed by atoms with van der Waals surface area (Å²) < 4.78 is 0. The first kappa shape index (κ1) is 12.3. The molecule has 1 aliphatic heterocycles. The molecule has 17 heavy (non-hydrogen) atoms. The molecule has 0 bridgehead atoms. The van der Waals surface area contributed by atoms with Crippen molar-refractivity contribution in [2.75, 3.05) is 0 Å². The number of rotatable bonds is 2. The summed E-state index contributed by atoms with van der Waals surface area (Å²) in [4.78, 5) is 4.28. The van der Waals surface area contributed by atoms with Crippen molar-refractivity contribution >= 4 is 17.3 Å². The highest BCUT2D eigenvalue weighted by atomic mass is 32.2. The predicted molar refractivity (Wildman–Crippen MR) is 75.6 cm³/mol.